The topological polar surface area (TPSA) is 69.7 Å². The number of benzene rings is 2. The second kappa shape index (κ2) is 8.85. The molecule has 0 aliphatic carbocycles. The highest BCUT2D eigenvalue weighted by Crippen LogP contribution is 2.24. The molecule has 1 aliphatic rings. The Morgan fingerprint density at radius 1 is 1.03 bits per heavy atom. The van der Waals surface area contributed by atoms with Gasteiger partial charge in [-0.15, -0.1) is 0 Å². The predicted molar refractivity (Wildman–Crippen MR) is 119 cm³/mol. The molecule has 2 aromatic rings. The van der Waals surface area contributed by atoms with Crippen molar-refractivity contribution < 1.29 is 13.2 Å². The number of carbonyl (C=O) groups excluding carboxylic acids is 1. The van der Waals surface area contributed by atoms with Crippen molar-refractivity contribution in [1.82, 2.24) is 9.62 Å². The number of rotatable bonds is 5. The minimum atomic E-state index is -3.75. The van der Waals surface area contributed by atoms with Gasteiger partial charge in [-0.05, 0) is 62.2 Å². The molecule has 29 heavy (non-hydrogen) atoms. The number of hydrogen-bond acceptors (Lipinski definition) is 4. The highest BCUT2D eigenvalue weighted by molar-refractivity contribution is 9.10. The summed E-state index contributed by atoms with van der Waals surface area (Å²) in [5.41, 5.74) is 3.70. The molecule has 0 aromatic heterocycles. The molecule has 3 rings (SSSR count). The Balaban J connectivity index is 1.61. The van der Waals surface area contributed by atoms with Crippen molar-refractivity contribution in [2.24, 2.45) is 0 Å². The van der Waals surface area contributed by atoms with Crippen LogP contribution in [-0.4, -0.2) is 51.4 Å². The van der Waals surface area contributed by atoms with E-state index in [2.05, 4.69) is 51.5 Å². The summed E-state index contributed by atoms with van der Waals surface area (Å²) in [6, 6.07) is 11.8. The third-order valence-corrected chi connectivity index (χ3v) is 7.42. The van der Waals surface area contributed by atoms with E-state index in [0.29, 0.717) is 13.1 Å². The number of nitrogens with one attached hydrogen (secondary N) is 1. The van der Waals surface area contributed by atoms with Crippen molar-refractivity contribution >= 4 is 37.5 Å². The van der Waals surface area contributed by atoms with E-state index in [4.69, 9.17) is 0 Å². The largest absolute Gasteiger partial charge is 0.368 e. The minimum absolute atomic E-state index is 0.139. The van der Waals surface area contributed by atoms with Gasteiger partial charge in [0.05, 0.1) is 10.9 Å². The Morgan fingerprint density at radius 3 is 2.28 bits per heavy atom. The van der Waals surface area contributed by atoms with E-state index in [1.54, 1.807) is 24.0 Å². The quantitative estimate of drug-likeness (QED) is 0.715. The first-order valence-corrected chi connectivity index (χ1v) is 11.8. The summed E-state index contributed by atoms with van der Waals surface area (Å²) in [7, 11) is -3.75. The molecule has 1 heterocycles. The van der Waals surface area contributed by atoms with Gasteiger partial charge in [0.15, 0.2) is 0 Å². The SMILES string of the molecule is Cc1cccc(N2CCN(C(=O)[C@H](C)NS(=O)(=O)c3ccc(Br)cc3)CC2)c1C. The number of sulfonamides is 1. The lowest BCUT2D eigenvalue weighted by molar-refractivity contribution is -0.132. The molecule has 1 fully saturated rings. The number of hydrogen-bond donors (Lipinski definition) is 1. The second-order valence-electron chi connectivity index (χ2n) is 7.33. The molecule has 0 unspecified atom stereocenters. The average molecular weight is 480 g/mol. The van der Waals surface area contributed by atoms with Crippen LogP contribution < -0.4 is 9.62 Å². The summed E-state index contributed by atoms with van der Waals surface area (Å²) in [4.78, 5) is 17.0. The number of nitrogens with zero attached hydrogens (tertiary/aromatic N) is 2. The van der Waals surface area contributed by atoms with Crippen molar-refractivity contribution in [3.8, 4) is 0 Å². The normalized spacial score (nSPS) is 16.0. The molecule has 1 aliphatic heterocycles. The van der Waals surface area contributed by atoms with Crippen LogP contribution >= 0.6 is 15.9 Å². The molecule has 156 valence electrons. The van der Waals surface area contributed by atoms with Gasteiger partial charge in [0.25, 0.3) is 0 Å². The van der Waals surface area contributed by atoms with Crippen LogP contribution in [0.5, 0.6) is 0 Å². The van der Waals surface area contributed by atoms with Gasteiger partial charge in [0.1, 0.15) is 0 Å². The summed E-state index contributed by atoms with van der Waals surface area (Å²) >= 11 is 3.29. The van der Waals surface area contributed by atoms with Crippen LogP contribution in [0.1, 0.15) is 18.1 Å². The van der Waals surface area contributed by atoms with Crippen LogP contribution in [0.25, 0.3) is 0 Å². The number of amides is 1. The van der Waals surface area contributed by atoms with Gasteiger partial charge in [-0.25, -0.2) is 8.42 Å². The molecule has 0 radical (unpaired) electrons. The average Bonchev–Trinajstić information content (AvgIpc) is 2.69. The molecular weight excluding hydrogens is 454 g/mol. The van der Waals surface area contributed by atoms with Crippen molar-refractivity contribution in [3.05, 3.63) is 58.1 Å². The molecule has 6 nitrogen and oxygen atoms in total. The molecule has 1 atom stereocenters. The fourth-order valence-electron chi connectivity index (χ4n) is 3.48. The van der Waals surface area contributed by atoms with Gasteiger partial charge in [-0.2, -0.15) is 4.72 Å². The van der Waals surface area contributed by atoms with Crippen LogP contribution in [-0.2, 0) is 14.8 Å². The first-order valence-electron chi connectivity index (χ1n) is 9.57. The highest BCUT2D eigenvalue weighted by Gasteiger charge is 2.28. The highest BCUT2D eigenvalue weighted by atomic mass is 79.9. The zero-order valence-electron chi connectivity index (χ0n) is 16.9. The predicted octanol–water partition coefficient (Wildman–Crippen LogP) is 3.08. The molecule has 0 saturated carbocycles. The molecular formula is C21H26BrN3O3S. The molecule has 1 N–H and O–H groups in total. The van der Waals surface area contributed by atoms with Gasteiger partial charge >= 0.3 is 0 Å². The molecule has 0 bridgehead atoms. The lowest BCUT2D eigenvalue weighted by Gasteiger charge is -2.38. The molecule has 0 spiro atoms. The smallest absolute Gasteiger partial charge is 0.241 e. The lowest BCUT2D eigenvalue weighted by Crippen LogP contribution is -2.54. The number of halogens is 1. The number of aryl methyl sites for hydroxylation is 1. The van der Waals surface area contributed by atoms with E-state index in [0.717, 1.165) is 17.6 Å². The van der Waals surface area contributed by atoms with Crippen LogP contribution in [0.15, 0.2) is 51.8 Å². The number of anilines is 1. The maximum atomic E-state index is 12.8. The fourth-order valence-corrected chi connectivity index (χ4v) is 4.95. The summed E-state index contributed by atoms with van der Waals surface area (Å²) in [5, 5.41) is 0. The van der Waals surface area contributed by atoms with Crippen LogP contribution in [0.2, 0.25) is 0 Å². The standard InChI is InChI=1S/C21H26BrN3O3S/c1-15-5-4-6-20(16(15)2)24-11-13-25(14-12-24)21(26)17(3)23-29(27,28)19-9-7-18(22)8-10-19/h4-10,17,23H,11-14H2,1-3H3/t17-/m0/s1. The lowest BCUT2D eigenvalue weighted by atomic mass is 10.1. The van der Waals surface area contributed by atoms with Crippen LogP contribution in [0.3, 0.4) is 0 Å². The van der Waals surface area contributed by atoms with E-state index in [1.807, 2.05) is 6.07 Å². The van der Waals surface area contributed by atoms with E-state index >= 15 is 0 Å². The molecule has 8 heteroatoms. The Bertz CT molecular complexity index is 985. The fraction of sp³-hybridized carbons (Fsp3) is 0.381. The van der Waals surface area contributed by atoms with Gasteiger partial charge in [0.2, 0.25) is 15.9 Å². The van der Waals surface area contributed by atoms with Crippen molar-refractivity contribution in [2.75, 3.05) is 31.1 Å². The summed E-state index contributed by atoms with van der Waals surface area (Å²) in [5.74, 6) is -0.202. The van der Waals surface area contributed by atoms with E-state index in [1.165, 1.54) is 28.9 Å². The zero-order valence-corrected chi connectivity index (χ0v) is 19.3. The Hall–Kier alpha value is -1.90. The van der Waals surface area contributed by atoms with Gasteiger partial charge in [-0.1, -0.05) is 28.1 Å². The summed E-state index contributed by atoms with van der Waals surface area (Å²) in [6.45, 7) is 8.38. The Labute approximate surface area is 181 Å². The number of carbonyl (C=O) groups is 1. The third kappa shape index (κ3) is 4.99. The Kier molecular flexibility index (Phi) is 6.65. The van der Waals surface area contributed by atoms with Gasteiger partial charge in [-0.3, -0.25) is 4.79 Å². The third-order valence-electron chi connectivity index (χ3n) is 5.33. The second-order valence-corrected chi connectivity index (χ2v) is 9.96. The molecule has 2 aromatic carbocycles. The van der Waals surface area contributed by atoms with E-state index in [-0.39, 0.29) is 10.8 Å². The van der Waals surface area contributed by atoms with Crippen LogP contribution in [0, 0.1) is 13.8 Å². The first-order chi connectivity index (χ1) is 13.7. The minimum Gasteiger partial charge on any atom is -0.368 e. The maximum absolute atomic E-state index is 12.8. The summed E-state index contributed by atoms with van der Waals surface area (Å²) in [6.07, 6.45) is 0. The van der Waals surface area contributed by atoms with Crippen molar-refractivity contribution in [2.45, 2.75) is 31.7 Å². The maximum Gasteiger partial charge on any atom is 0.241 e. The van der Waals surface area contributed by atoms with E-state index in [9.17, 15) is 13.2 Å². The first kappa shape index (κ1) is 21.8. The van der Waals surface area contributed by atoms with Crippen molar-refractivity contribution in [3.63, 3.8) is 0 Å². The van der Waals surface area contributed by atoms with Crippen LogP contribution in [0.4, 0.5) is 5.69 Å². The Morgan fingerprint density at radius 2 is 1.66 bits per heavy atom. The van der Waals surface area contributed by atoms with Gasteiger partial charge < -0.3 is 9.80 Å². The summed E-state index contributed by atoms with van der Waals surface area (Å²) < 4.78 is 28.4. The van der Waals surface area contributed by atoms with Crippen molar-refractivity contribution in [1.29, 1.82) is 0 Å². The zero-order chi connectivity index (χ0) is 21.2. The monoisotopic (exact) mass is 479 g/mol. The van der Waals surface area contributed by atoms with E-state index < -0.39 is 16.1 Å². The number of piperazine rings is 1. The van der Waals surface area contributed by atoms with Gasteiger partial charge in [0, 0.05) is 36.3 Å². The molecule has 1 saturated heterocycles. The molecule has 1 amide bonds.